The van der Waals surface area contributed by atoms with Gasteiger partial charge in [0.1, 0.15) is 0 Å². The SMILES string of the molecule is CCN1C(=O)C(=Cc2c(Cl)cccc2Cl)C(C(=O)OC)=C1C. The van der Waals surface area contributed by atoms with E-state index in [-0.39, 0.29) is 17.1 Å². The van der Waals surface area contributed by atoms with Crippen LogP contribution in [0.3, 0.4) is 0 Å². The fourth-order valence-electron chi connectivity index (χ4n) is 2.40. The van der Waals surface area contributed by atoms with Crippen LogP contribution in [0.25, 0.3) is 6.08 Å². The minimum absolute atomic E-state index is 0.237. The molecular weight excluding hydrogens is 325 g/mol. The Hall–Kier alpha value is -1.78. The molecule has 0 saturated carbocycles. The van der Waals surface area contributed by atoms with Crippen molar-refractivity contribution in [1.29, 1.82) is 0 Å². The monoisotopic (exact) mass is 339 g/mol. The highest BCUT2D eigenvalue weighted by Crippen LogP contribution is 2.34. The molecular formula is C16H15Cl2NO3. The summed E-state index contributed by atoms with van der Waals surface area (Å²) >= 11 is 12.3. The van der Waals surface area contributed by atoms with E-state index in [1.54, 1.807) is 31.2 Å². The van der Waals surface area contributed by atoms with E-state index in [1.807, 2.05) is 6.92 Å². The van der Waals surface area contributed by atoms with Crippen LogP contribution in [0.5, 0.6) is 0 Å². The van der Waals surface area contributed by atoms with Crippen LogP contribution in [-0.4, -0.2) is 30.4 Å². The lowest BCUT2D eigenvalue weighted by atomic mass is 10.0. The number of amides is 1. The summed E-state index contributed by atoms with van der Waals surface area (Å²) in [5.41, 5.74) is 1.54. The summed E-state index contributed by atoms with van der Waals surface area (Å²) in [6.07, 6.45) is 1.54. The van der Waals surface area contributed by atoms with E-state index in [4.69, 9.17) is 27.9 Å². The Bertz CT molecular complexity index is 687. The number of hydrogen-bond donors (Lipinski definition) is 0. The average molecular weight is 340 g/mol. The van der Waals surface area contributed by atoms with Crippen LogP contribution >= 0.6 is 23.2 Å². The molecule has 2 rings (SSSR count). The normalized spacial score (nSPS) is 16.7. The minimum atomic E-state index is -0.559. The van der Waals surface area contributed by atoms with Crippen molar-refractivity contribution in [2.75, 3.05) is 13.7 Å². The zero-order valence-corrected chi connectivity index (χ0v) is 14.0. The Balaban J connectivity index is 2.64. The van der Waals surface area contributed by atoms with E-state index < -0.39 is 5.97 Å². The molecule has 0 spiro atoms. The van der Waals surface area contributed by atoms with E-state index in [0.29, 0.717) is 27.9 Å². The second kappa shape index (κ2) is 6.55. The van der Waals surface area contributed by atoms with Gasteiger partial charge in [-0.3, -0.25) is 4.79 Å². The molecule has 0 aliphatic carbocycles. The molecule has 4 nitrogen and oxygen atoms in total. The number of esters is 1. The molecule has 0 N–H and O–H groups in total. The molecule has 0 fully saturated rings. The van der Waals surface area contributed by atoms with Gasteiger partial charge in [-0.1, -0.05) is 29.3 Å². The first-order chi connectivity index (χ1) is 10.4. The molecule has 0 saturated heterocycles. The largest absolute Gasteiger partial charge is 0.465 e. The maximum absolute atomic E-state index is 12.5. The predicted molar refractivity (Wildman–Crippen MR) is 86.5 cm³/mol. The van der Waals surface area contributed by atoms with Gasteiger partial charge >= 0.3 is 5.97 Å². The number of likely N-dealkylation sites (N-methyl/N-ethyl adjacent to an activating group) is 1. The van der Waals surface area contributed by atoms with Gasteiger partial charge in [-0.15, -0.1) is 0 Å². The van der Waals surface area contributed by atoms with Gasteiger partial charge in [0.25, 0.3) is 5.91 Å². The van der Waals surface area contributed by atoms with E-state index in [1.165, 1.54) is 12.0 Å². The number of nitrogens with zero attached hydrogens (tertiary/aromatic N) is 1. The van der Waals surface area contributed by atoms with Gasteiger partial charge < -0.3 is 9.64 Å². The third kappa shape index (κ3) is 2.76. The summed E-state index contributed by atoms with van der Waals surface area (Å²) in [6.45, 7) is 4.00. The highest BCUT2D eigenvalue weighted by molar-refractivity contribution is 6.37. The van der Waals surface area contributed by atoms with Crippen molar-refractivity contribution >= 4 is 41.2 Å². The lowest BCUT2D eigenvalue weighted by molar-refractivity contribution is -0.136. The molecule has 1 heterocycles. The molecule has 1 aromatic carbocycles. The third-order valence-corrected chi connectivity index (χ3v) is 4.16. The molecule has 22 heavy (non-hydrogen) atoms. The molecule has 1 amide bonds. The summed E-state index contributed by atoms with van der Waals surface area (Å²) < 4.78 is 4.79. The van der Waals surface area contributed by atoms with Crippen molar-refractivity contribution < 1.29 is 14.3 Å². The van der Waals surface area contributed by atoms with Crippen LogP contribution in [-0.2, 0) is 14.3 Å². The summed E-state index contributed by atoms with van der Waals surface area (Å²) in [6, 6.07) is 5.06. The van der Waals surface area contributed by atoms with Gasteiger partial charge in [-0.05, 0) is 32.1 Å². The standard InChI is InChI=1S/C16H15Cl2NO3/c1-4-19-9(2)14(16(21)22-3)11(15(19)20)8-10-12(17)6-5-7-13(10)18/h5-8H,4H2,1-3H3. The lowest BCUT2D eigenvalue weighted by Gasteiger charge is -2.14. The van der Waals surface area contributed by atoms with Crippen molar-refractivity contribution in [2.24, 2.45) is 0 Å². The Kier molecular flexibility index (Phi) is 4.94. The molecule has 0 bridgehead atoms. The van der Waals surface area contributed by atoms with Gasteiger partial charge in [0.2, 0.25) is 0 Å². The van der Waals surface area contributed by atoms with Crippen LogP contribution in [0.15, 0.2) is 35.0 Å². The Morgan fingerprint density at radius 1 is 1.32 bits per heavy atom. The van der Waals surface area contributed by atoms with E-state index in [2.05, 4.69) is 0 Å². The molecule has 116 valence electrons. The van der Waals surface area contributed by atoms with Gasteiger partial charge in [0, 0.05) is 27.9 Å². The molecule has 1 aromatic rings. The fourth-order valence-corrected chi connectivity index (χ4v) is 2.91. The van der Waals surface area contributed by atoms with Gasteiger partial charge in [-0.25, -0.2) is 4.79 Å². The van der Waals surface area contributed by atoms with Crippen molar-refractivity contribution in [3.05, 3.63) is 50.7 Å². The Labute approximate surface area is 138 Å². The number of benzene rings is 1. The molecule has 0 atom stereocenters. The number of rotatable bonds is 3. The average Bonchev–Trinajstić information content (AvgIpc) is 2.72. The summed E-state index contributed by atoms with van der Waals surface area (Å²) in [5.74, 6) is -0.826. The number of ether oxygens (including phenoxy) is 1. The molecule has 6 heteroatoms. The van der Waals surface area contributed by atoms with Crippen LogP contribution in [0, 0.1) is 0 Å². The van der Waals surface area contributed by atoms with E-state index in [0.717, 1.165) is 0 Å². The molecule has 0 radical (unpaired) electrons. The highest BCUT2D eigenvalue weighted by atomic mass is 35.5. The molecule has 1 aliphatic heterocycles. The fraction of sp³-hybridized carbons (Fsp3) is 0.250. The van der Waals surface area contributed by atoms with E-state index >= 15 is 0 Å². The van der Waals surface area contributed by atoms with E-state index in [9.17, 15) is 9.59 Å². The number of carbonyl (C=O) groups excluding carboxylic acids is 2. The van der Waals surface area contributed by atoms with Gasteiger partial charge in [0.05, 0.1) is 18.3 Å². The summed E-state index contributed by atoms with van der Waals surface area (Å²) in [4.78, 5) is 26.1. The first-order valence-corrected chi connectivity index (χ1v) is 7.45. The zero-order valence-electron chi connectivity index (χ0n) is 12.4. The smallest absolute Gasteiger partial charge is 0.340 e. The van der Waals surface area contributed by atoms with Crippen LogP contribution < -0.4 is 0 Å². The second-order valence-electron chi connectivity index (χ2n) is 4.69. The topological polar surface area (TPSA) is 46.6 Å². The highest BCUT2D eigenvalue weighted by Gasteiger charge is 2.36. The summed E-state index contributed by atoms with van der Waals surface area (Å²) in [5, 5.41) is 0.814. The second-order valence-corrected chi connectivity index (χ2v) is 5.51. The quantitative estimate of drug-likeness (QED) is 0.623. The van der Waals surface area contributed by atoms with Crippen molar-refractivity contribution in [2.45, 2.75) is 13.8 Å². The van der Waals surface area contributed by atoms with Gasteiger partial charge in [-0.2, -0.15) is 0 Å². The number of methoxy groups -OCH3 is 1. The maximum atomic E-state index is 12.5. The maximum Gasteiger partial charge on any atom is 0.340 e. The van der Waals surface area contributed by atoms with Crippen LogP contribution in [0.1, 0.15) is 19.4 Å². The first kappa shape index (κ1) is 16.6. The Morgan fingerprint density at radius 2 is 1.91 bits per heavy atom. The van der Waals surface area contributed by atoms with Crippen molar-refractivity contribution in [1.82, 2.24) is 4.90 Å². The van der Waals surface area contributed by atoms with Crippen molar-refractivity contribution in [3.63, 3.8) is 0 Å². The number of hydrogen-bond acceptors (Lipinski definition) is 3. The molecule has 0 unspecified atom stereocenters. The Morgan fingerprint density at radius 3 is 2.41 bits per heavy atom. The lowest BCUT2D eigenvalue weighted by Crippen LogP contribution is -2.24. The summed E-state index contributed by atoms with van der Waals surface area (Å²) in [7, 11) is 1.28. The van der Waals surface area contributed by atoms with Crippen LogP contribution in [0.2, 0.25) is 10.0 Å². The predicted octanol–water partition coefficient (Wildman–Crippen LogP) is 3.69. The minimum Gasteiger partial charge on any atom is -0.465 e. The van der Waals surface area contributed by atoms with Crippen molar-refractivity contribution in [3.8, 4) is 0 Å². The number of halogens is 2. The third-order valence-electron chi connectivity index (χ3n) is 3.51. The molecule has 1 aliphatic rings. The first-order valence-electron chi connectivity index (χ1n) is 6.69. The number of allylic oxidation sites excluding steroid dienone is 1. The molecule has 0 aromatic heterocycles. The van der Waals surface area contributed by atoms with Gasteiger partial charge in [0.15, 0.2) is 0 Å². The van der Waals surface area contributed by atoms with Crippen LogP contribution in [0.4, 0.5) is 0 Å². The number of carbonyl (C=O) groups is 2. The zero-order chi connectivity index (χ0) is 16.4.